The average molecular weight is 239 g/mol. The van der Waals surface area contributed by atoms with E-state index in [0.717, 1.165) is 25.0 Å². The molecular formula is C15H29NO. The van der Waals surface area contributed by atoms with Gasteiger partial charge >= 0.3 is 0 Å². The highest BCUT2D eigenvalue weighted by molar-refractivity contribution is 5.01. The minimum atomic E-state index is 0.573. The Bertz CT molecular complexity index is 231. The second-order valence-corrected chi connectivity index (χ2v) is 6.19. The zero-order valence-electron chi connectivity index (χ0n) is 11.6. The number of unbranched alkanes of at least 4 members (excludes halogenated alkanes) is 1. The Balaban J connectivity index is 1.77. The maximum Gasteiger partial charge on any atom is 0.0471 e. The molecule has 2 bridgehead atoms. The summed E-state index contributed by atoms with van der Waals surface area (Å²) < 4.78 is 5.79. The number of rotatable bonds is 8. The van der Waals surface area contributed by atoms with E-state index in [9.17, 15) is 0 Å². The Morgan fingerprint density at radius 3 is 2.76 bits per heavy atom. The van der Waals surface area contributed by atoms with Gasteiger partial charge in [0.05, 0.1) is 0 Å². The summed E-state index contributed by atoms with van der Waals surface area (Å²) in [5.74, 6) is 2.01. The molecule has 100 valence electrons. The molecule has 0 spiro atoms. The second-order valence-electron chi connectivity index (χ2n) is 6.19. The summed E-state index contributed by atoms with van der Waals surface area (Å²) in [4.78, 5) is 0. The van der Waals surface area contributed by atoms with Gasteiger partial charge in [0.25, 0.3) is 0 Å². The van der Waals surface area contributed by atoms with Gasteiger partial charge in [0.15, 0.2) is 0 Å². The van der Waals surface area contributed by atoms with Crippen LogP contribution in [-0.2, 0) is 4.74 Å². The summed E-state index contributed by atoms with van der Waals surface area (Å²) in [6, 6.07) is 0. The van der Waals surface area contributed by atoms with Crippen LogP contribution in [0.3, 0.4) is 0 Å². The number of ether oxygens (including phenoxy) is 1. The van der Waals surface area contributed by atoms with Gasteiger partial charge in [-0.1, -0.05) is 19.8 Å². The molecule has 17 heavy (non-hydrogen) atoms. The van der Waals surface area contributed by atoms with Crippen LogP contribution in [0.4, 0.5) is 0 Å². The van der Waals surface area contributed by atoms with Crippen molar-refractivity contribution >= 4 is 0 Å². The number of nitrogens with one attached hydrogen (secondary N) is 1. The van der Waals surface area contributed by atoms with Crippen LogP contribution >= 0.6 is 0 Å². The van der Waals surface area contributed by atoms with Crippen LogP contribution in [0.5, 0.6) is 0 Å². The van der Waals surface area contributed by atoms with Crippen molar-refractivity contribution in [1.29, 1.82) is 0 Å². The fourth-order valence-electron chi connectivity index (χ4n) is 4.15. The van der Waals surface area contributed by atoms with Crippen LogP contribution in [-0.4, -0.2) is 26.8 Å². The van der Waals surface area contributed by atoms with Gasteiger partial charge in [-0.15, -0.1) is 0 Å². The van der Waals surface area contributed by atoms with E-state index in [-0.39, 0.29) is 0 Å². The number of fused-ring (bicyclic) bond motifs is 2. The van der Waals surface area contributed by atoms with E-state index in [1.807, 2.05) is 0 Å². The van der Waals surface area contributed by atoms with Crippen LogP contribution in [0.2, 0.25) is 0 Å². The Morgan fingerprint density at radius 1 is 1.29 bits per heavy atom. The van der Waals surface area contributed by atoms with E-state index in [1.54, 1.807) is 0 Å². The largest absolute Gasteiger partial charge is 0.381 e. The SMILES string of the molecule is CCCCOCCC1(CNC)CC2CCC1C2. The van der Waals surface area contributed by atoms with Gasteiger partial charge < -0.3 is 10.1 Å². The lowest BCUT2D eigenvalue weighted by Crippen LogP contribution is -2.38. The van der Waals surface area contributed by atoms with E-state index in [2.05, 4.69) is 19.3 Å². The van der Waals surface area contributed by atoms with Gasteiger partial charge in [0.1, 0.15) is 0 Å². The van der Waals surface area contributed by atoms with Crippen LogP contribution in [0.15, 0.2) is 0 Å². The quantitative estimate of drug-likeness (QED) is 0.657. The zero-order valence-corrected chi connectivity index (χ0v) is 11.6. The molecule has 2 rings (SSSR count). The Morgan fingerprint density at radius 2 is 2.18 bits per heavy atom. The minimum Gasteiger partial charge on any atom is -0.381 e. The van der Waals surface area contributed by atoms with Crippen molar-refractivity contribution in [2.24, 2.45) is 17.3 Å². The lowest BCUT2D eigenvalue weighted by Gasteiger charge is -2.38. The molecule has 0 aromatic heterocycles. The number of hydrogen-bond donors (Lipinski definition) is 1. The number of hydrogen-bond acceptors (Lipinski definition) is 2. The van der Waals surface area contributed by atoms with Crippen molar-refractivity contribution in [2.45, 2.75) is 51.9 Å². The summed E-state index contributed by atoms with van der Waals surface area (Å²) in [5, 5.41) is 3.43. The lowest BCUT2D eigenvalue weighted by atomic mass is 9.71. The maximum atomic E-state index is 5.79. The average Bonchev–Trinajstić information content (AvgIpc) is 2.90. The van der Waals surface area contributed by atoms with Crippen molar-refractivity contribution in [3.63, 3.8) is 0 Å². The van der Waals surface area contributed by atoms with Crippen LogP contribution < -0.4 is 5.32 Å². The summed E-state index contributed by atoms with van der Waals surface area (Å²) in [6.45, 7) is 5.36. The van der Waals surface area contributed by atoms with Crippen LogP contribution in [0, 0.1) is 17.3 Å². The molecule has 0 aromatic rings. The molecule has 2 aliphatic rings. The smallest absolute Gasteiger partial charge is 0.0471 e. The molecular weight excluding hydrogens is 210 g/mol. The van der Waals surface area contributed by atoms with E-state index >= 15 is 0 Å². The molecule has 3 atom stereocenters. The first-order valence-electron chi connectivity index (χ1n) is 7.53. The molecule has 2 saturated carbocycles. The molecule has 0 saturated heterocycles. The van der Waals surface area contributed by atoms with Crippen molar-refractivity contribution in [3.8, 4) is 0 Å². The van der Waals surface area contributed by atoms with Crippen molar-refractivity contribution < 1.29 is 4.74 Å². The van der Waals surface area contributed by atoms with E-state index in [0.29, 0.717) is 5.41 Å². The monoisotopic (exact) mass is 239 g/mol. The Kier molecular flexibility index (Phi) is 4.87. The summed E-state index contributed by atoms with van der Waals surface area (Å²) >= 11 is 0. The zero-order chi connectivity index (χ0) is 12.1. The third-order valence-electron chi connectivity index (χ3n) is 5.02. The molecule has 3 unspecified atom stereocenters. The third-order valence-corrected chi connectivity index (χ3v) is 5.02. The Labute approximate surface area is 107 Å². The van der Waals surface area contributed by atoms with Gasteiger partial charge in [0, 0.05) is 19.8 Å². The van der Waals surface area contributed by atoms with E-state index in [4.69, 9.17) is 4.74 Å². The lowest BCUT2D eigenvalue weighted by molar-refractivity contribution is 0.0628. The van der Waals surface area contributed by atoms with Gasteiger partial charge in [-0.05, 0) is 56.4 Å². The molecule has 2 aliphatic carbocycles. The molecule has 0 radical (unpaired) electrons. The van der Waals surface area contributed by atoms with E-state index in [1.165, 1.54) is 51.5 Å². The first-order chi connectivity index (χ1) is 8.30. The molecule has 0 aliphatic heterocycles. The highest BCUT2D eigenvalue weighted by Gasteiger charge is 2.49. The van der Waals surface area contributed by atoms with Gasteiger partial charge in [-0.2, -0.15) is 0 Å². The van der Waals surface area contributed by atoms with Crippen molar-refractivity contribution in [3.05, 3.63) is 0 Å². The highest BCUT2D eigenvalue weighted by Crippen LogP contribution is 2.57. The van der Waals surface area contributed by atoms with Crippen molar-refractivity contribution in [2.75, 3.05) is 26.8 Å². The first kappa shape index (κ1) is 13.4. The summed E-state index contributed by atoms with van der Waals surface area (Å²) in [6.07, 6.45) is 9.65. The second kappa shape index (κ2) is 6.19. The maximum absolute atomic E-state index is 5.79. The third kappa shape index (κ3) is 3.03. The Hall–Kier alpha value is -0.0800. The predicted octanol–water partition coefficient (Wildman–Crippen LogP) is 3.22. The van der Waals surface area contributed by atoms with E-state index < -0.39 is 0 Å². The molecule has 2 nitrogen and oxygen atoms in total. The topological polar surface area (TPSA) is 21.3 Å². The molecule has 0 amide bonds. The molecule has 0 heterocycles. The van der Waals surface area contributed by atoms with Gasteiger partial charge in [0.2, 0.25) is 0 Å². The fourth-order valence-corrected chi connectivity index (χ4v) is 4.15. The summed E-state index contributed by atoms with van der Waals surface area (Å²) in [5.41, 5.74) is 0.573. The van der Waals surface area contributed by atoms with Crippen LogP contribution in [0.1, 0.15) is 51.9 Å². The molecule has 0 aromatic carbocycles. The van der Waals surface area contributed by atoms with Gasteiger partial charge in [-0.25, -0.2) is 0 Å². The molecule has 1 N–H and O–H groups in total. The fraction of sp³-hybridized carbons (Fsp3) is 1.00. The van der Waals surface area contributed by atoms with Gasteiger partial charge in [-0.3, -0.25) is 0 Å². The molecule has 2 fully saturated rings. The summed E-state index contributed by atoms with van der Waals surface area (Å²) in [7, 11) is 2.10. The normalized spacial score (nSPS) is 35.6. The molecule has 2 heteroatoms. The standard InChI is InChI=1S/C15H29NO/c1-3-4-8-17-9-7-15(12-16-2)11-13-5-6-14(15)10-13/h13-14,16H,3-12H2,1-2H3. The predicted molar refractivity (Wildman–Crippen MR) is 72.2 cm³/mol. The first-order valence-corrected chi connectivity index (χ1v) is 7.53. The van der Waals surface area contributed by atoms with Crippen LogP contribution in [0.25, 0.3) is 0 Å². The van der Waals surface area contributed by atoms with Crippen molar-refractivity contribution in [1.82, 2.24) is 5.32 Å². The minimum absolute atomic E-state index is 0.573. The highest BCUT2D eigenvalue weighted by atomic mass is 16.5.